The van der Waals surface area contributed by atoms with Gasteiger partial charge in [-0.1, -0.05) is 24.3 Å². The topological polar surface area (TPSA) is 35.5 Å². The maximum Gasteiger partial charge on any atom is 0.338 e. The molecule has 0 spiro atoms. The third-order valence-electron chi connectivity index (χ3n) is 2.72. The summed E-state index contributed by atoms with van der Waals surface area (Å²) in [5.74, 6) is -2.75. The fourth-order valence-corrected chi connectivity index (χ4v) is 1.71. The van der Waals surface area contributed by atoms with E-state index < -0.39 is 17.6 Å². The molecule has 5 heteroatoms. The minimum Gasteiger partial charge on any atom is -0.486 e. The van der Waals surface area contributed by atoms with Gasteiger partial charge in [-0.2, -0.15) is 4.39 Å². The standard InChI is InChI=1S/C15H12F2O3/c1-19-15(18)11-6-3-2-5-10(11)9-20-13-8-4-7-12(16)14(13)17/h2-8H,9H2,1H3. The van der Waals surface area contributed by atoms with Crippen LogP contribution < -0.4 is 4.74 Å². The van der Waals surface area contributed by atoms with Crippen molar-refractivity contribution in [2.45, 2.75) is 6.61 Å². The van der Waals surface area contributed by atoms with Crippen molar-refractivity contribution in [1.29, 1.82) is 0 Å². The first-order valence-corrected chi connectivity index (χ1v) is 5.86. The van der Waals surface area contributed by atoms with E-state index in [0.717, 1.165) is 6.07 Å². The zero-order valence-electron chi connectivity index (χ0n) is 10.7. The number of hydrogen-bond donors (Lipinski definition) is 0. The Morgan fingerprint density at radius 2 is 1.85 bits per heavy atom. The van der Waals surface area contributed by atoms with Crippen molar-refractivity contribution in [2.75, 3.05) is 7.11 Å². The normalized spacial score (nSPS) is 10.2. The van der Waals surface area contributed by atoms with E-state index in [1.54, 1.807) is 24.3 Å². The van der Waals surface area contributed by atoms with Gasteiger partial charge in [0.05, 0.1) is 12.7 Å². The summed E-state index contributed by atoms with van der Waals surface area (Å²) in [5.41, 5.74) is 0.856. The number of methoxy groups -OCH3 is 1. The number of carbonyl (C=O) groups is 1. The molecule has 0 amide bonds. The molecule has 2 rings (SSSR count). The first-order valence-electron chi connectivity index (χ1n) is 5.86. The molecule has 0 atom stereocenters. The third-order valence-corrected chi connectivity index (χ3v) is 2.72. The first kappa shape index (κ1) is 14.0. The predicted octanol–water partition coefficient (Wildman–Crippen LogP) is 3.33. The molecule has 0 fully saturated rings. The summed E-state index contributed by atoms with van der Waals surface area (Å²) < 4.78 is 36.3. The summed E-state index contributed by atoms with van der Waals surface area (Å²) in [6.07, 6.45) is 0. The van der Waals surface area contributed by atoms with Gasteiger partial charge < -0.3 is 9.47 Å². The van der Waals surface area contributed by atoms with Gasteiger partial charge in [-0.25, -0.2) is 9.18 Å². The van der Waals surface area contributed by atoms with Crippen LogP contribution in [0.25, 0.3) is 0 Å². The highest BCUT2D eigenvalue weighted by Crippen LogP contribution is 2.21. The molecule has 0 aliphatic rings. The Labute approximate surface area is 114 Å². The van der Waals surface area contributed by atoms with Crippen LogP contribution in [0.5, 0.6) is 5.75 Å². The quantitative estimate of drug-likeness (QED) is 0.805. The average Bonchev–Trinajstić information content (AvgIpc) is 2.48. The fraction of sp³-hybridized carbons (Fsp3) is 0.133. The molecule has 0 aliphatic carbocycles. The second-order valence-electron chi connectivity index (χ2n) is 3.99. The van der Waals surface area contributed by atoms with E-state index in [1.165, 1.54) is 19.2 Å². The van der Waals surface area contributed by atoms with Gasteiger partial charge in [-0.15, -0.1) is 0 Å². The monoisotopic (exact) mass is 278 g/mol. The van der Waals surface area contributed by atoms with Crippen LogP contribution in [0, 0.1) is 11.6 Å². The number of esters is 1. The molecule has 0 saturated heterocycles. The lowest BCUT2D eigenvalue weighted by molar-refractivity contribution is 0.0597. The third kappa shape index (κ3) is 2.93. The van der Waals surface area contributed by atoms with Crippen LogP contribution >= 0.6 is 0 Å². The molecular formula is C15H12F2O3. The molecule has 0 saturated carbocycles. The molecule has 0 radical (unpaired) electrons. The largest absolute Gasteiger partial charge is 0.486 e. The lowest BCUT2D eigenvalue weighted by Gasteiger charge is -2.10. The van der Waals surface area contributed by atoms with Crippen molar-refractivity contribution in [2.24, 2.45) is 0 Å². The summed E-state index contributed by atoms with van der Waals surface area (Å²) in [6, 6.07) is 10.3. The highest BCUT2D eigenvalue weighted by Gasteiger charge is 2.13. The summed E-state index contributed by atoms with van der Waals surface area (Å²) in [5, 5.41) is 0. The molecular weight excluding hydrogens is 266 g/mol. The minimum absolute atomic E-state index is 0.0638. The van der Waals surface area contributed by atoms with E-state index in [2.05, 4.69) is 4.74 Å². The molecule has 104 valence electrons. The molecule has 3 nitrogen and oxygen atoms in total. The number of carbonyl (C=O) groups excluding carboxylic acids is 1. The minimum atomic E-state index is -1.05. The smallest absolute Gasteiger partial charge is 0.338 e. The van der Waals surface area contributed by atoms with Gasteiger partial charge in [-0.05, 0) is 18.2 Å². The van der Waals surface area contributed by atoms with E-state index in [0.29, 0.717) is 11.1 Å². The molecule has 2 aromatic rings. The maximum atomic E-state index is 13.4. The Hall–Kier alpha value is -2.43. The molecule has 0 heterocycles. The van der Waals surface area contributed by atoms with Gasteiger partial charge in [0, 0.05) is 5.56 Å². The molecule has 0 bridgehead atoms. The van der Waals surface area contributed by atoms with Crippen LogP contribution in [-0.2, 0) is 11.3 Å². The van der Waals surface area contributed by atoms with E-state index in [4.69, 9.17) is 4.74 Å². The first-order chi connectivity index (χ1) is 9.63. The van der Waals surface area contributed by atoms with Crippen LogP contribution in [0.3, 0.4) is 0 Å². The molecule has 0 N–H and O–H groups in total. The number of rotatable bonds is 4. The zero-order chi connectivity index (χ0) is 14.5. The van der Waals surface area contributed by atoms with Crippen LogP contribution in [-0.4, -0.2) is 13.1 Å². The van der Waals surface area contributed by atoms with Crippen LogP contribution in [0.4, 0.5) is 8.78 Å². The van der Waals surface area contributed by atoms with E-state index in [9.17, 15) is 13.6 Å². The summed E-state index contributed by atoms with van der Waals surface area (Å²) >= 11 is 0. The summed E-state index contributed by atoms with van der Waals surface area (Å²) in [7, 11) is 1.27. The molecule has 0 aromatic heterocycles. The molecule has 0 aliphatic heterocycles. The second kappa shape index (κ2) is 6.14. The van der Waals surface area contributed by atoms with Gasteiger partial charge in [0.2, 0.25) is 5.82 Å². The van der Waals surface area contributed by atoms with Gasteiger partial charge in [-0.3, -0.25) is 0 Å². The summed E-state index contributed by atoms with van der Waals surface area (Å²) in [4.78, 5) is 11.6. The predicted molar refractivity (Wildman–Crippen MR) is 68.5 cm³/mol. The fourth-order valence-electron chi connectivity index (χ4n) is 1.71. The number of benzene rings is 2. The van der Waals surface area contributed by atoms with Crippen LogP contribution in [0.15, 0.2) is 42.5 Å². The second-order valence-corrected chi connectivity index (χ2v) is 3.99. The number of halogens is 2. The average molecular weight is 278 g/mol. The molecule has 2 aromatic carbocycles. The van der Waals surface area contributed by atoms with Crippen molar-refractivity contribution < 1.29 is 23.0 Å². The molecule has 0 unspecified atom stereocenters. The SMILES string of the molecule is COC(=O)c1ccccc1COc1cccc(F)c1F. The highest BCUT2D eigenvalue weighted by atomic mass is 19.2. The number of hydrogen-bond acceptors (Lipinski definition) is 3. The van der Waals surface area contributed by atoms with E-state index in [1.807, 2.05) is 0 Å². The maximum absolute atomic E-state index is 13.4. The van der Waals surface area contributed by atoms with Crippen molar-refractivity contribution >= 4 is 5.97 Å². The Morgan fingerprint density at radius 3 is 2.60 bits per heavy atom. The summed E-state index contributed by atoms with van der Waals surface area (Å²) in [6.45, 7) is -0.0638. The molecule has 20 heavy (non-hydrogen) atoms. The van der Waals surface area contributed by atoms with Gasteiger partial charge in [0.25, 0.3) is 0 Å². The van der Waals surface area contributed by atoms with Crippen molar-refractivity contribution in [3.8, 4) is 5.75 Å². The zero-order valence-corrected chi connectivity index (χ0v) is 10.7. The Balaban J connectivity index is 2.19. The van der Waals surface area contributed by atoms with Gasteiger partial charge in [0.15, 0.2) is 11.6 Å². The Bertz CT molecular complexity index is 626. The lowest BCUT2D eigenvalue weighted by Crippen LogP contribution is -2.08. The lowest BCUT2D eigenvalue weighted by atomic mass is 10.1. The van der Waals surface area contributed by atoms with E-state index >= 15 is 0 Å². The van der Waals surface area contributed by atoms with Gasteiger partial charge >= 0.3 is 5.97 Å². The number of ether oxygens (including phenoxy) is 2. The van der Waals surface area contributed by atoms with Crippen LogP contribution in [0.2, 0.25) is 0 Å². The Morgan fingerprint density at radius 1 is 1.10 bits per heavy atom. The van der Waals surface area contributed by atoms with Crippen molar-refractivity contribution in [3.05, 3.63) is 65.2 Å². The van der Waals surface area contributed by atoms with Crippen molar-refractivity contribution in [3.63, 3.8) is 0 Å². The highest BCUT2D eigenvalue weighted by molar-refractivity contribution is 5.90. The Kier molecular flexibility index (Phi) is 4.30. The van der Waals surface area contributed by atoms with E-state index in [-0.39, 0.29) is 12.4 Å². The van der Waals surface area contributed by atoms with Crippen molar-refractivity contribution in [1.82, 2.24) is 0 Å². The van der Waals surface area contributed by atoms with Gasteiger partial charge in [0.1, 0.15) is 6.61 Å². The van der Waals surface area contributed by atoms with Crippen LogP contribution in [0.1, 0.15) is 15.9 Å².